The third-order valence-electron chi connectivity index (χ3n) is 9.59. The van der Waals surface area contributed by atoms with E-state index < -0.39 is 52.5 Å². The van der Waals surface area contributed by atoms with Crippen LogP contribution in [0.5, 0.6) is 0 Å². The number of hydrogen-bond donors (Lipinski definition) is 0. The lowest BCUT2D eigenvalue weighted by Crippen LogP contribution is -2.64. The molecule has 1 heterocycles. The second-order valence-corrected chi connectivity index (χ2v) is 11.1. The van der Waals surface area contributed by atoms with Gasteiger partial charge in [-0.15, -0.1) is 0 Å². The molecule has 0 amide bonds. The Balaban J connectivity index is 1.59. The number of carbonyl (C=O) groups is 4. The topological polar surface area (TPSA) is 99.3 Å². The van der Waals surface area contributed by atoms with Crippen LogP contribution in [-0.2, 0) is 33.4 Å². The SMILES string of the molecule is CC(=O)OCC(=O)[C@@]1(OC(C)=O)[C@H](C)C[C@H]2[C@@H]3C[C@@H](F)C4=CC(=O)C=C[C@]4(C)[C@@]34O[C@@H]4C[C@@]21C. The molecule has 1 spiro atoms. The van der Waals surface area contributed by atoms with Crippen molar-refractivity contribution in [1.29, 1.82) is 0 Å². The molecule has 8 heteroatoms. The Labute approximate surface area is 198 Å². The van der Waals surface area contributed by atoms with Crippen LogP contribution in [0.1, 0.15) is 53.9 Å². The zero-order valence-electron chi connectivity index (χ0n) is 20.2. The molecule has 34 heavy (non-hydrogen) atoms. The molecule has 1 aliphatic heterocycles. The summed E-state index contributed by atoms with van der Waals surface area (Å²) in [5.74, 6) is -2.59. The van der Waals surface area contributed by atoms with Gasteiger partial charge in [-0.2, -0.15) is 0 Å². The maximum atomic E-state index is 15.6. The number of carbonyl (C=O) groups excluding carboxylic acids is 4. The molecule has 0 unspecified atom stereocenters. The van der Waals surface area contributed by atoms with Crippen molar-refractivity contribution in [2.24, 2.45) is 28.6 Å². The minimum Gasteiger partial charge on any atom is -0.458 e. The molecule has 0 aromatic rings. The van der Waals surface area contributed by atoms with Crippen LogP contribution in [0.15, 0.2) is 23.8 Å². The lowest BCUT2D eigenvalue weighted by atomic mass is 9.46. The highest BCUT2D eigenvalue weighted by Gasteiger charge is 2.83. The predicted molar refractivity (Wildman–Crippen MR) is 117 cm³/mol. The van der Waals surface area contributed by atoms with Gasteiger partial charge in [0.05, 0.1) is 6.10 Å². The Morgan fingerprint density at radius 2 is 1.85 bits per heavy atom. The number of esters is 2. The Morgan fingerprint density at radius 3 is 2.50 bits per heavy atom. The van der Waals surface area contributed by atoms with E-state index >= 15 is 4.39 Å². The molecule has 0 bridgehead atoms. The molecule has 0 radical (unpaired) electrons. The molecular weight excluding hydrogens is 443 g/mol. The summed E-state index contributed by atoms with van der Waals surface area (Å²) in [6.07, 6.45) is 4.27. The average molecular weight is 475 g/mol. The number of ketones is 2. The Morgan fingerprint density at radius 1 is 1.15 bits per heavy atom. The van der Waals surface area contributed by atoms with Crippen molar-refractivity contribution in [3.63, 3.8) is 0 Å². The highest BCUT2D eigenvalue weighted by Crippen LogP contribution is 2.77. The smallest absolute Gasteiger partial charge is 0.303 e. The van der Waals surface area contributed by atoms with E-state index in [4.69, 9.17) is 14.2 Å². The van der Waals surface area contributed by atoms with Crippen LogP contribution in [0.3, 0.4) is 0 Å². The number of allylic oxidation sites excluding steroid dienone is 2. The molecule has 3 saturated carbocycles. The lowest BCUT2D eigenvalue weighted by molar-refractivity contribution is -0.193. The number of hydrogen-bond acceptors (Lipinski definition) is 7. The fourth-order valence-corrected chi connectivity index (χ4v) is 8.33. The normalized spacial score (nSPS) is 48.0. The zero-order chi connectivity index (χ0) is 24.8. The van der Waals surface area contributed by atoms with Crippen LogP contribution in [0.2, 0.25) is 0 Å². The van der Waals surface area contributed by atoms with E-state index in [1.807, 2.05) is 20.8 Å². The van der Waals surface area contributed by atoms with Gasteiger partial charge in [0, 0.05) is 30.6 Å². The summed E-state index contributed by atoms with van der Waals surface area (Å²) in [5, 5.41) is 0. The second kappa shape index (κ2) is 7.09. The summed E-state index contributed by atoms with van der Waals surface area (Å²) in [6.45, 7) is 7.75. The van der Waals surface area contributed by atoms with Gasteiger partial charge in [-0.1, -0.05) is 19.9 Å². The number of rotatable bonds is 4. The standard InChI is InChI=1S/C26H31FO7/c1-13-8-17-18-10-20(27)19-9-16(30)6-7-23(19,4)26(18)22(34-26)11-24(17,5)25(13,33-15(3)29)21(31)12-32-14(2)28/h6-7,9,13,17-18,20,22H,8,10-12H2,1-5H3/t13-,17+,18+,20-,22-,23+,24+,25+,26-/m1/s1. The molecule has 4 aliphatic carbocycles. The lowest BCUT2D eigenvalue weighted by Gasteiger charge is -2.56. The van der Waals surface area contributed by atoms with E-state index in [-0.39, 0.29) is 36.1 Å². The maximum absolute atomic E-state index is 15.6. The average Bonchev–Trinajstić information content (AvgIpc) is 3.42. The third kappa shape index (κ3) is 2.66. The van der Waals surface area contributed by atoms with Gasteiger partial charge in [-0.05, 0) is 55.7 Å². The summed E-state index contributed by atoms with van der Waals surface area (Å²) < 4.78 is 33.0. The molecule has 0 aromatic carbocycles. The van der Waals surface area contributed by atoms with Crippen LogP contribution in [0.25, 0.3) is 0 Å². The Kier molecular flexibility index (Phi) is 4.88. The molecule has 5 aliphatic rings. The van der Waals surface area contributed by atoms with Crippen molar-refractivity contribution in [1.82, 2.24) is 0 Å². The fourth-order valence-electron chi connectivity index (χ4n) is 8.33. The van der Waals surface area contributed by atoms with Gasteiger partial charge >= 0.3 is 11.9 Å². The first-order valence-corrected chi connectivity index (χ1v) is 12.0. The summed E-state index contributed by atoms with van der Waals surface area (Å²) >= 11 is 0. The number of epoxide rings is 1. The van der Waals surface area contributed by atoms with Crippen molar-refractivity contribution in [2.75, 3.05) is 6.61 Å². The molecule has 1 saturated heterocycles. The van der Waals surface area contributed by atoms with E-state index in [0.717, 1.165) is 0 Å². The van der Waals surface area contributed by atoms with E-state index in [1.54, 1.807) is 6.08 Å². The van der Waals surface area contributed by atoms with Crippen LogP contribution in [0.4, 0.5) is 4.39 Å². The maximum Gasteiger partial charge on any atom is 0.303 e. The van der Waals surface area contributed by atoms with E-state index in [9.17, 15) is 19.2 Å². The van der Waals surface area contributed by atoms with E-state index in [2.05, 4.69) is 0 Å². The van der Waals surface area contributed by atoms with Gasteiger partial charge in [0.25, 0.3) is 0 Å². The first kappa shape index (κ1) is 23.4. The molecule has 4 fully saturated rings. The second-order valence-electron chi connectivity index (χ2n) is 11.1. The van der Waals surface area contributed by atoms with Crippen LogP contribution in [-0.4, -0.2) is 53.6 Å². The van der Waals surface area contributed by atoms with Crippen molar-refractivity contribution in [3.05, 3.63) is 23.8 Å². The summed E-state index contributed by atoms with van der Waals surface area (Å²) in [5.41, 5.74) is -3.28. The van der Waals surface area contributed by atoms with Gasteiger partial charge in [-0.3, -0.25) is 19.2 Å². The zero-order valence-corrected chi connectivity index (χ0v) is 20.2. The van der Waals surface area contributed by atoms with E-state index in [1.165, 1.54) is 26.0 Å². The minimum absolute atomic E-state index is 0.162. The highest BCUT2D eigenvalue weighted by molar-refractivity contribution is 6.01. The Bertz CT molecular complexity index is 1060. The summed E-state index contributed by atoms with van der Waals surface area (Å²) in [7, 11) is 0. The van der Waals surface area contributed by atoms with Crippen LogP contribution < -0.4 is 0 Å². The first-order valence-electron chi connectivity index (χ1n) is 12.0. The third-order valence-corrected chi connectivity index (χ3v) is 9.59. The van der Waals surface area contributed by atoms with Crippen molar-refractivity contribution in [2.45, 2.75) is 77.4 Å². The predicted octanol–water partition coefficient (Wildman–Crippen LogP) is 3.05. The first-order chi connectivity index (χ1) is 15.8. The molecule has 0 aromatic heterocycles. The molecule has 7 nitrogen and oxygen atoms in total. The number of fused-ring (bicyclic) bond motifs is 3. The number of halogens is 1. The fraction of sp³-hybridized carbons (Fsp3) is 0.692. The Hall–Kier alpha value is -2.35. The van der Waals surface area contributed by atoms with E-state index in [0.29, 0.717) is 18.4 Å². The molecule has 5 rings (SSSR count). The highest BCUT2D eigenvalue weighted by atomic mass is 19.1. The van der Waals surface area contributed by atoms with Crippen molar-refractivity contribution < 1.29 is 37.8 Å². The number of Topliss-reactive ketones (excluding diaryl/α,β-unsaturated/α-hetero) is 1. The monoisotopic (exact) mass is 474 g/mol. The van der Waals surface area contributed by atoms with Crippen LogP contribution >= 0.6 is 0 Å². The van der Waals surface area contributed by atoms with Crippen molar-refractivity contribution in [3.8, 4) is 0 Å². The quantitative estimate of drug-likeness (QED) is 0.456. The molecule has 184 valence electrons. The number of ether oxygens (including phenoxy) is 3. The summed E-state index contributed by atoms with van der Waals surface area (Å²) in [6, 6.07) is 0. The van der Waals surface area contributed by atoms with Gasteiger partial charge in [0.2, 0.25) is 5.78 Å². The molecule has 9 atom stereocenters. The van der Waals surface area contributed by atoms with Crippen molar-refractivity contribution >= 4 is 23.5 Å². The largest absolute Gasteiger partial charge is 0.458 e. The number of alkyl halides is 1. The van der Waals surface area contributed by atoms with Gasteiger partial charge in [-0.25, -0.2) is 4.39 Å². The summed E-state index contributed by atoms with van der Waals surface area (Å²) in [4.78, 5) is 49.4. The van der Waals surface area contributed by atoms with Gasteiger partial charge in [0.1, 0.15) is 11.8 Å². The molecular formula is C26H31FO7. The van der Waals surface area contributed by atoms with Crippen LogP contribution in [0, 0.1) is 28.6 Å². The molecule has 0 N–H and O–H groups in total. The van der Waals surface area contributed by atoms with Gasteiger partial charge < -0.3 is 14.2 Å². The van der Waals surface area contributed by atoms with Gasteiger partial charge in [0.15, 0.2) is 18.0 Å². The minimum atomic E-state index is -1.50.